The summed E-state index contributed by atoms with van der Waals surface area (Å²) in [6.45, 7) is 1.87. The van der Waals surface area contributed by atoms with Gasteiger partial charge in [-0.1, -0.05) is 6.07 Å². The summed E-state index contributed by atoms with van der Waals surface area (Å²) in [6.07, 6.45) is -1.95. The molecule has 5 nitrogen and oxygen atoms in total. The highest BCUT2D eigenvalue weighted by Crippen LogP contribution is 2.32. The van der Waals surface area contributed by atoms with E-state index in [9.17, 15) is 21.6 Å². The Bertz CT molecular complexity index is 710. The zero-order chi connectivity index (χ0) is 18.8. The van der Waals surface area contributed by atoms with Crippen molar-refractivity contribution in [3.05, 3.63) is 29.8 Å². The van der Waals surface area contributed by atoms with Crippen molar-refractivity contribution in [2.24, 2.45) is 0 Å². The van der Waals surface area contributed by atoms with Gasteiger partial charge in [-0.2, -0.15) is 17.5 Å². The third-order valence-corrected chi connectivity index (χ3v) is 6.79. The molecule has 0 aromatic heterocycles. The Morgan fingerprint density at radius 2 is 1.85 bits per heavy atom. The summed E-state index contributed by atoms with van der Waals surface area (Å²) in [6, 6.07) is 5.14. The van der Waals surface area contributed by atoms with Gasteiger partial charge in [0.1, 0.15) is 0 Å². The fraction of sp³-hybridized carbons (Fsp3) is 0.647. The number of ether oxygens (including phenoxy) is 1. The number of hydrogen-bond donors (Lipinski definition) is 0. The topological polar surface area (TPSA) is 49.9 Å². The molecule has 0 amide bonds. The molecule has 2 heterocycles. The molecule has 1 aromatic rings. The first-order valence-corrected chi connectivity index (χ1v) is 10.4. The van der Waals surface area contributed by atoms with E-state index < -0.39 is 21.8 Å². The normalized spacial score (nSPS) is 23.2. The molecule has 1 aromatic carbocycles. The SMILES string of the molecule is O=S(=O)(CC1CCCCO1)N1CCN(c2cccc(C(F)(F)F)c2)CC1. The molecular weight excluding hydrogens is 369 g/mol. The van der Waals surface area contributed by atoms with E-state index in [0.29, 0.717) is 25.4 Å². The summed E-state index contributed by atoms with van der Waals surface area (Å²) in [5.74, 6) is -0.0173. The summed E-state index contributed by atoms with van der Waals surface area (Å²) in [5, 5.41) is 0. The highest BCUT2D eigenvalue weighted by molar-refractivity contribution is 7.89. The van der Waals surface area contributed by atoms with Crippen LogP contribution in [-0.4, -0.2) is 57.4 Å². The lowest BCUT2D eigenvalue weighted by atomic mass is 10.1. The second kappa shape index (κ2) is 7.74. The summed E-state index contributed by atoms with van der Waals surface area (Å²) in [4.78, 5) is 1.79. The maximum absolute atomic E-state index is 12.9. The van der Waals surface area contributed by atoms with E-state index in [1.54, 1.807) is 11.0 Å². The molecule has 0 spiro atoms. The number of benzene rings is 1. The Labute approximate surface area is 151 Å². The van der Waals surface area contributed by atoms with Crippen LogP contribution in [0.5, 0.6) is 0 Å². The second-order valence-corrected chi connectivity index (χ2v) is 8.71. The van der Waals surface area contributed by atoms with Crippen LogP contribution in [0, 0.1) is 0 Å². The fourth-order valence-corrected chi connectivity index (χ4v) is 5.05. The van der Waals surface area contributed by atoms with Crippen LogP contribution in [-0.2, 0) is 20.9 Å². The van der Waals surface area contributed by atoms with Gasteiger partial charge in [-0.25, -0.2) is 8.42 Å². The van der Waals surface area contributed by atoms with Crippen molar-refractivity contribution in [1.82, 2.24) is 4.31 Å². The molecule has 146 valence electrons. The van der Waals surface area contributed by atoms with Gasteiger partial charge in [0.15, 0.2) is 0 Å². The van der Waals surface area contributed by atoms with Gasteiger partial charge >= 0.3 is 6.18 Å². The Kier molecular flexibility index (Phi) is 5.78. The summed E-state index contributed by atoms with van der Waals surface area (Å²) >= 11 is 0. The van der Waals surface area contributed by atoms with Crippen molar-refractivity contribution in [3.63, 3.8) is 0 Å². The van der Waals surface area contributed by atoms with Crippen LogP contribution >= 0.6 is 0 Å². The summed E-state index contributed by atoms with van der Waals surface area (Å²) in [7, 11) is -3.42. The standard InChI is InChI=1S/C17H23F3N2O3S/c18-17(19,20)14-4-3-5-15(12-14)21-7-9-22(10-8-21)26(23,24)13-16-6-1-2-11-25-16/h3-5,12,16H,1-2,6-11,13H2. The summed E-state index contributed by atoms with van der Waals surface area (Å²) in [5.41, 5.74) is -0.230. The monoisotopic (exact) mass is 392 g/mol. The summed E-state index contributed by atoms with van der Waals surface area (Å²) < 4.78 is 70.6. The molecule has 1 atom stereocenters. The first kappa shape index (κ1) is 19.4. The van der Waals surface area contributed by atoms with Crippen LogP contribution in [0.25, 0.3) is 0 Å². The molecule has 0 radical (unpaired) electrons. The molecule has 1 unspecified atom stereocenters. The zero-order valence-electron chi connectivity index (χ0n) is 14.4. The van der Waals surface area contributed by atoms with Crippen molar-refractivity contribution in [2.45, 2.75) is 31.5 Å². The van der Waals surface area contributed by atoms with E-state index in [2.05, 4.69) is 0 Å². The third kappa shape index (κ3) is 4.69. The maximum Gasteiger partial charge on any atom is 0.416 e. The van der Waals surface area contributed by atoms with Crippen LogP contribution < -0.4 is 4.90 Å². The number of alkyl halides is 3. The minimum atomic E-state index is -4.39. The zero-order valence-corrected chi connectivity index (χ0v) is 15.2. The first-order valence-electron chi connectivity index (χ1n) is 8.77. The van der Waals surface area contributed by atoms with Crippen LogP contribution in [0.15, 0.2) is 24.3 Å². The van der Waals surface area contributed by atoms with Crippen molar-refractivity contribution in [1.29, 1.82) is 0 Å². The minimum absolute atomic E-state index is 0.0173. The number of hydrogen-bond acceptors (Lipinski definition) is 4. The molecule has 2 aliphatic rings. The Balaban J connectivity index is 1.60. The number of anilines is 1. The van der Waals surface area contributed by atoms with E-state index >= 15 is 0 Å². The molecule has 0 saturated carbocycles. The van der Waals surface area contributed by atoms with Gasteiger partial charge in [-0.05, 0) is 37.5 Å². The van der Waals surface area contributed by atoms with Gasteiger partial charge < -0.3 is 9.64 Å². The third-order valence-electron chi connectivity index (χ3n) is 4.84. The molecular formula is C17H23F3N2O3S. The highest BCUT2D eigenvalue weighted by Gasteiger charge is 2.33. The van der Waals surface area contributed by atoms with Gasteiger partial charge in [-0.15, -0.1) is 0 Å². The average molecular weight is 392 g/mol. The molecule has 26 heavy (non-hydrogen) atoms. The predicted molar refractivity (Wildman–Crippen MR) is 92.6 cm³/mol. The molecule has 0 bridgehead atoms. The van der Waals surface area contributed by atoms with Crippen molar-refractivity contribution in [2.75, 3.05) is 43.4 Å². The molecule has 3 rings (SSSR count). The molecule has 0 aliphatic carbocycles. The molecule has 2 aliphatic heterocycles. The van der Waals surface area contributed by atoms with Crippen LogP contribution in [0.3, 0.4) is 0 Å². The Morgan fingerprint density at radius 3 is 2.46 bits per heavy atom. The van der Waals surface area contributed by atoms with Gasteiger partial charge in [0.05, 0.1) is 17.4 Å². The van der Waals surface area contributed by atoms with Crippen molar-refractivity contribution >= 4 is 15.7 Å². The lowest BCUT2D eigenvalue weighted by Crippen LogP contribution is -2.50. The van der Waals surface area contributed by atoms with Gasteiger partial charge in [0.2, 0.25) is 10.0 Å². The smallest absolute Gasteiger partial charge is 0.377 e. The second-order valence-electron chi connectivity index (χ2n) is 6.70. The maximum atomic E-state index is 12.9. The number of nitrogens with zero attached hydrogens (tertiary/aromatic N) is 2. The van der Waals surface area contributed by atoms with Gasteiger partial charge in [0.25, 0.3) is 0 Å². The average Bonchev–Trinajstić information content (AvgIpc) is 2.62. The molecule has 2 fully saturated rings. The number of sulfonamides is 1. The van der Waals surface area contributed by atoms with E-state index in [0.717, 1.165) is 31.4 Å². The van der Waals surface area contributed by atoms with E-state index in [-0.39, 0.29) is 24.9 Å². The molecule has 0 N–H and O–H groups in total. The Morgan fingerprint density at radius 1 is 1.12 bits per heavy atom. The van der Waals surface area contributed by atoms with E-state index in [4.69, 9.17) is 4.74 Å². The number of rotatable bonds is 4. The Hall–Kier alpha value is -1.32. The van der Waals surface area contributed by atoms with E-state index in [1.165, 1.54) is 10.4 Å². The van der Waals surface area contributed by atoms with Gasteiger partial charge in [-0.3, -0.25) is 0 Å². The van der Waals surface area contributed by atoms with Gasteiger partial charge in [0, 0.05) is 38.5 Å². The first-order chi connectivity index (χ1) is 12.3. The highest BCUT2D eigenvalue weighted by atomic mass is 32.2. The molecule has 2 saturated heterocycles. The quantitative estimate of drug-likeness (QED) is 0.791. The van der Waals surface area contributed by atoms with Crippen LogP contribution in [0.1, 0.15) is 24.8 Å². The van der Waals surface area contributed by atoms with Crippen LogP contribution in [0.2, 0.25) is 0 Å². The fourth-order valence-electron chi connectivity index (χ4n) is 3.38. The molecule has 9 heteroatoms. The van der Waals surface area contributed by atoms with Crippen LogP contribution in [0.4, 0.5) is 18.9 Å². The number of piperazine rings is 1. The predicted octanol–water partition coefficient (Wildman–Crippen LogP) is 2.73. The largest absolute Gasteiger partial charge is 0.416 e. The lowest BCUT2D eigenvalue weighted by molar-refractivity contribution is -0.137. The number of halogens is 3. The van der Waals surface area contributed by atoms with Crippen molar-refractivity contribution in [3.8, 4) is 0 Å². The lowest BCUT2D eigenvalue weighted by Gasteiger charge is -2.36. The minimum Gasteiger partial charge on any atom is -0.377 e. The van der Waals surface area contributed by atoms with E-state index in [1.807, 2.05) is 0 Å². The van der Waals surface area contributed by atoms with Crippen molar-refractivity contribution < 1.29 is 26.3 Å².